The zero-order chi connectivity index (χ0) is 19.0. The minimum Gasteiger partial charge on any atom is -0.497 e. The Kier molecular flexibility index (Phi) is 4.58. The van der Waals surface area contributed by atoms with Gasteiger partial charge in [0, 0.05) is 23.4 Å². The molecule has 0 saturated carbocycles. The van der Waals surface area contributed by atoms with Crippen LogP contribution in [0.4, 0.5) is 0 Å². The van der Waals surface area contributed by atoms with Gasteiger partial charge in [-0.3, -0.25) is 9.20 Å². The van der Waals surface area contributed by atoms with Crippen LogP contribution in [0, 0.1) is 0 Å². The van der Waals surface area contributed by atoms with Crippen molar-refractivity contribution in [3.63, 3.8) is 0 Å². The first-order chi connectivity index (χ1) is 13.1. The number of ether oxygens (including phenoxy) is 1. The number of carbonyl (C=O) groups is 1. The summed E-state index contributed by atoms with van der Waals surface area (Å²) in [5.41, 5.74) is 3.71. The molecule has 138 valence electrons. The summed E-state index contributed by atoms with van der Waals surface area (Å²) in [7, 11) is 1.66. The van der Waals surface area contributed by atoms with Gasteiger partial charge in [0.2, 0.25) is 0 Å². The largest absolute Gasteiger partial charge is 0.497 e. The highest BCUT2D eigenvalue weighted by Crippen LogP contribution is 2.30. The molecule has 1 atom stereocenters. The van der Waals surface area contributed by atoms with E-state index >= 15 is 0 Å². The topological polar surface area (TPSA) is 55.6 Å². The first-order valence-corrected chi connectivity index (χ1v) is 9.77. The van der Waals surface area contributed by atoms with Crippen LogP contribution in [0.2, 0.25) is 0 Å². The van der Waals surface area contributed by atoms with Crippen molar-refractivity contribution in [3.8, 4) is 17.0 Å². The first kappa shape index (κ1) is 17.5. The van der Waals surface area contributed by atoms with Crippen LogP contribution >= 0.6 is 11.3 Å². The van der Waals surface area contributed by atoms with Gasteiger partial charge in [-0.15, -0.1) is 0 Å². The summed E-state index contributed by atoms with van der Waals surface area (Å²) in [5.74, 6) is 0.796. The van der Waals surface area contributed by atoms with Gasteiger partial charge in [0.15, 0.2) is 4.96 Å². The van der Waals surface area contributed by atoms with E-state index < -0.39 is 0 Å². The average Bonchev–Trinajstić information content (AvgIpc) is 3.25. The van der Waals surface area contributed by atoms with Crippen LogP contribution < -0.4 is 10.1 Å². The molecule has 4 aromatic rings. The molecular weight excluding hydrogens is 358 g/mol. The lowest BCUT2D eigenvalue weighted by atomic mass is 10.1. The lowest BCUT2D eigenvalue weighted by Crippen LogP contribution is -2.31. The predicted octanol–water partition coefficient (Wildman–Crippen LogP) is 4.75. The van der Waals surface area contributed by atoms with Gasteiger partial charge in [-0.25, -0.2) is 4.98 Å². The van der Waals surface area contributed by atoms with Crippen LogP contribution in [-0.4, -0.2) is 28.4 Å². The number of imidazole rings is 1. The zero-order valence-corrected chi connectivity index (χ0v) is 16.3. The standard InChI is InChI=1S/C21H21N3O2S/c1-4-13(2)22-20(25)15-7-10-18-19(11-15)27-21-23-17(12-24(18)21)14-5-8-16(26-3)9-6-14/h5-13H,4H2,1-3H3,(H,22,25). The third-order valence-electron chi connectivity index (χ3n) is 4.73. The molecular formula is C21H21N3O2S. The molecule has 0 saturated heterocycles. The van der Waals surface area contributed by atoms with Gasteiger partial charge in [0.25, 0.3) is 5.91 Å². The molecule has 0 fully saturated rings. The minimum atomic E-state index is -0.0313. The Balaban J connectivity index is 1.68. The van der Waals surface area contributed by atoms with Gasteiger partial charge in [0.05, 0.1) is 23.0 Å². The van der Waals surface area contributed by atoms with Crippen LogP contribution in [0.5, 0.6) is 5.75 Å². The molecule has 2 aromatic heterocycles. The lowest BCUT2D eigenvalue weighted by Gasteiger charge is -2.11. The summed E-state index contributed by atoms with van der Waals surface area (Å²) >= 11 is 1.59. The number of aromatic nitrogens is 2. The highest BCUT2D eigenvalue weighted by atomic mass is 32.1. The van der Waals surface area contributed by atoms with E-state index in [0.29, 0.717) is 5.56 Å². The zero-order valence-electron chi connectivity index (χ0n) is 15.5. The average molecular weight is 379 g/mol. The number of thiazole rings is 1. The van der Waals surface area contributed by atoms with Gasteiger partial charge < -0.3 is 10.1 Å². The SMILES string of the molecule is CCC(C)NC(=O)c1ccc2c(c1)sc1nc(-c3ccc(OC)cc3)cn12. The predicted molar refractivity (Wildman–Crippen MR) is 110 cm³/mol. The van der Waals surface area contributed by atoms with Crippen molar-refractivity contribution in [1.82, 2.24) is 14.7 Å². The Bertz CT molecular complexity index is 1110. The van der Waals surface area contributed by atoms with Crippen LogP contribution in [0.1, 0.15) is 30.6 Å². The molecule has 0 spiro atoms. The second kappa shape index (κ2) is 7.04. The van der Waals surface area contributed by atoms with Crippen molar-refractivity contribution in [1.29, 1.82) is 0 Å². The van der Waals surface area contributed by atoms with Crippen molar-refractivity contribution in [3.05, 3.63) is 54.2 Å². The Labute approximate surface area is 161 Å². The highest BCUT2D eigenvalue weighted by Gasteiger charge is 2.14. The molecule has 2 heterocycles. The van der Waals surface area contributed by atoms with Crippen LogP contribution in [0.3, 0.4) is 0 Å². The van der Waals surface area contributed by atoms with E-state index in [9.17, 15) is 4.79 Å². The summed E-state index contributed by atoms with van der Waals surface area (Å²) in [5, 5.41) is 3.01. The number of hydrogen-bond donors (Lipinski definition) is 1. The highest BCUT2D eigenvalue weighted by molar-refractivity contribution is 7.23. The molecule has 2 aromatic carbocycles. The molecule has 4 rings (SSSR count). The molecule has 6 heteroatoms. The number of fused-ring (bicyclic) bond motifs is 3. The van der Waals surface area contributed by atoms with E-state index in [1.165, 1.54) is 0 Å². The molecule has 0 aliphatic heterocycles. The molecule has 1 unspecified atom stereocenters. The van der Waals surface area contributed by atoms with E-state index in [0.717, 1.165) is 38.6 Å². The van der Waals surface area contributed by atoms with Crippen molar-refractivity contribution in [2.45, 2.75) is 26.3 Å². The van der Waals surface area contributed by atoms with Gasteiger partial charge in [-0.1, -0.05) is 18.3 Å². The van der Waals surface area contributed by atoms with E-state index in [1.54, 1.807) is 18.4 Å². The molecule has 27 heavy (non-hydrogen) atoms. The maximum atomic E-state index is 12.4. The number of carbonyl (C=O) groups excluding carboxylic acids is 1. The molecule has 1 N–H and O–H groups in total. The van der Waals surface area contributed by atoms with Gasteiger partial charge >= 0.3 is 0 Å². The summed E-state index contributed by atoms with van der Waals surface area (Å²) in [4.78, 5) is 18.0. The Hall–Kier alpha value is -2.86. The Morgan fingerprint density at radius 2 is 2.04 bits per heavy atom. The van der Waals surface area contributed by atoms with Gasteiger partial charge in [0.1, 0.15) is 5.75 Å². The van der Waals surface area contributed by atoms with E-state index in [-0.39, 0.29) is 11.9 Å². The number of hydrogen-bond acceptors (Lipinski definition) is 4. The number of rotatable bonds is 5. The molecule has 5 nitrogen and oxygen atoms in total. The second-order valence-electron chi connectivity index (χ2n) is 6.57. The Morgan fingerprint density at radius 1 is 1.26 bits per heavy atom. The fourth-order valence-electron chi connectivity index (χ4n) is 2.95. The van der Waals surface area contributed by atoms with E-state index in [2.05, 4.69) is 16.6 Å². The van der Waals surface area contributed by atoms with E-state index in [4.69, 9.17) is 9.72 Å². The number of methoxy groups -OCH3 is 1. The van der Waals surface area contributed by atoms with Crippen LogP contribution in [0.15, 0.2) is 48.7 Å². The minimum absolute atomic E-state index is 0.0313. The summed E-state index contributed by atoms with van der Waals surface area (Å²) in [6.45, 7) is 4.07. The van der Waals surface area contributed by atoms with Crippen LogP contribution in [-0.2, 0) is 0 Å². The fraction of sp³-hybridized carbons (Fsp3) is 0.238. The first-order valence-electron chi connectivity index (χ1n) is 8.96. The third kappa shape index (κ3) is 3.28. The summed E-state index contributed by atoms with van der Waals surface area (Å²) in [6, 6.07) is 13.9. The van der Waals surface area contributed by atoms with E-state index in [1.807, 2.05) is 55.6 Å². The summed E-state index contributed by atoms with van der Waals surface area (Å²) < 4.78 is 8.34. The lowest BCUT2D eigenvalue weighted by molar-refractivity contribution is 0.0939. The number of nitrogens with one attached hydrogen (secondary N) is 1. The maximum Gasteiger partial charge on any atom is 0.251 e. The maximum absolute atomic E-state index is 12.4. The molecule has 0 radical (unpaired) electrons. The van der Waals surface area contributed by atoms with Crippen molar-refractivity contribution >= 4 is 32.4 Å². The van der Waals surface area contributed by atoms with Gasteiger partial charge in [-0.2, -0.15) is 0 Å². The number of benzene rings is 2. The van der Waals surface area contributed by atoms with Crippen LogP contribution in [0.25, 0.3) is 26.4 Å². The molecule has 0 aliphatic rings. The van der Waals surface area contributed by atoms with Gasteiger partial charge in [-0.05, 0) is 55.8 Å². The molecule has 1 amide bonds. The molecule has 0 bridgehead atoms. The number of amides is 1. The quantitative estimate of drug-likeness (QED) is 0.544. The van der Waals surface area contributed by atoms with Crippen molar-refractivity contribution in [2.75, 3.05) is 7.11 Å². The smallest absolute Gasteiger partial charge is 0.251 e. The van der Waals surface area contributed by atoms with Crippen molar-refractivity contribution < 1.29 is 9.53 Å². The normalized spacial score (nSPS) is 12.4. The number of nitrogens with zero attached hydrogens (tertiary/aromatic N) is 2. The third-order valence-corrected chi connectivity index (χ3v) is 5.75. The Morgan fingerprint density at radius 3 is 2.74 bits per heavy atom. The second-order valence-corrected chi connectivity index (χ2v) is 7.58. The van der Waals surface area contributed by atoms with Crippen molar-refractivity contribution in [2.24, 2.45) is 0 Å². The monoisotopic (exact) mass is 379 g/mol. The molecule has 0 aliphatic carbocycles. The summed E-state index contributed by atoms with van der Waals surface area (Å²) in [6.07, 6.45) is 2.95. The fourth-order valence-corrected chi connectivity index (χ4v) is 4.00.